The van der Waals surface area contributed by atoms with Gasteiger partial charge in [-0.05, 0) is 36.2 Å². The highest BCUT2D eigenvalue weighted by atomic mass is 16.4. The van der Waals surface area contributed by atoms with Crippen LogP contribution in [0.25, 0.3) is 0 Å². The van der Waals surface area contributed by atoms with Gasteiger partial charge < -0.3 is 10.4 Å². The van der Waals surface area contributed by atoms with Crippen molar-refractivity contribution in [1.82, 2.24) is 0 Å². The number of terminal acetylenes is 1. The van der Waals surface area contributed by atoms with Crippen molar-refractivity contribution in [3.63, 3.8) is 0 Å². The van der Waals surface area contributed by atoms with Crippen LogP contribution in [0.2, 0.25) is 0 Å². The van der Waals surface area contributed by atoms with Crippen LogP contribution in [0.4, 0.5) is 5.69 Å². The second-order valence-corrected chi connectivity index (χ2v) is 4.74. The molecule has 2 N–H and O–H groups in total. The maximum atomic E-state index is 12.0. The Morgan fingerprint density at radius 1 is 1.14 bits per heavy atom. The number of benzene rings is 2. The summed E-state index contributed by atoms with van der Waals surface area (Å²) < 4.78 is 0. The van der Waals surface area contributed by atoms with Gasteiger partial charge >= 0.3 is 5.97 Å². The lowest BCUT2D eigenvalue weighted by Crippen LogP contribution is -2.13. The highest BCUT2D eigenvalue weighted by Crippen LogP contribution is 2.13. The molecular weight excluding hydrogens is 278 g/mol. The predicted molar refractivity (Wildman–Crippen MR) is 84.7 cm³/mol. The Kier molecular flexibility index (Phi) is 4.94. The van der Waals surface area contributed by atoms with Crippen molar-refractivity contribution in [2.24, 2.45) is 0 Å². The van der Waals surface area contributed by atoms with Gasteiger partial charge in [0, 0.05) is 17.7 Å². The van der Waals surface area contributed by atoms with E-state index < -0.39 is 5.97 Å². The number of aryl methyl sites for hydroxylation is 1. The number of amides is 1. The molecule has 0 bridgehead atoms. The summed E-state index contributed by atoms with van der Waals surface area (Å²) in [7, 11) is 0. The number of anilines is 1. The van der Waals surface area contributed by atoms with Crippen molar-refractivity contribution in [3.05, 3.63) is 65.2 Å². The first kappa shape index (κ1) is 15.3. The highest BCUT2D eigenvalue weighted by Gasteiger charge is 2.10. The first-order valence-corrected chi connectivity index (χ1v) is 6.78. The van der Waals surface area contributed by atoms with E-state index in [-0.39, 0.29) is 17.9 Å². The van der Waals surface area contributed by atoms with E-state index in [1.165, 1.54) is 6.07 Å². The van der Waals surface area contributed by atoms with Crippen LogP contribution in [0.3, 0.4) is 0 Å². The Morgan fingerprint density at radius 2 is 1.91 bits per heavy atom. The van der Waals surface area contributed by atoms with Gasteiger partial charge in [0.05, 0.1) is 5.56 Å². The van der Waals surface area contributed by atoms with Crippen molar-refractivity contribution in [3.8, 4) is 12.3 Å². The van der Waals surface area contributed by atoms with Gasteiger partial charge in [-0.3, -0.25) is 4.79 Å². The molecule has 0 aliphatic rings. The fourth-order valence-electron chi connectivity index (χ4n) is 2.11. The van der Waals surface area contributed by atoms with Gasteiger partial charge in [-0.1, -0.05) is 30.2 Å². The average molecular weight is 293 g/mol. The van der Waals surface area contributed by atoms with Crippen LogP contribution < -0.4 is 5.32 Å². The third-order valence-electron chi connectivity index (χ3n) is 3.18. The number of hydrogen-bond acceptors (Lipinski definition) is 2. The summed E-state index contributed by atoms with van der Waals surface area (Å²) in [5.74, 6) is 1.33. The van der Waals surface area contributed by atoms with Crippen molar-refractivity contribution in [2.75, 3.05) is 5.32 Å². The number of carboxylic acids is 1. The molecule has 4 heteroatoms. The van der Waals surface area contributed by atoms with E-state index >= 15 is 0 Å². The Balaban J connectivity index is 1.99. The molecule has 0 spiro atoms. The van der Waals surface area contributed by atoms with Crippen molar-refractivity contribution < 1.29 is 14.7 Å². The zero-order chi connectivity index (χ0) is 15.9. The standard InChI is InChI=1S/C18H15NO3/c1-2-13-6-5-8-15(12-13)19-17(20)11-10-14-7-3-4-9-16(14)18(21)22/h1,3-9,12H,10-11H2,(H,19,20)(H,21,22). The minimum Gasteiger partial charge on any atom is -0.478 e. The summed E-state index contributed by atoms with van der Waals surface area (Å²) in [6.07, 6.45) is 5.87. The number of rotatable bonds is 5. The van der Waals surface area contributed by atoms with Crippen LogP contribution in [0, 0.1) is 12.3 Å². The third kappa shape index (κ3) is 3.97. The zero-order valence-electron chi connectivity index (χ0n) is 11.9. The summed E-state index contributed by atoms with van der Waals surface area (Å²) >= 11 is 0. The molecule has 0 unspecified atom stereocenters. The zero-order valence-corrected chi connectivity index (χ0v) is 11.9. The number of hydrogen-bond donors (Lipinski definition) is 2. The Labute approximate surface area is 128 Å². The van der Waals surface area contributed by atoms with Gasteiger partial charge in [0.1, 0.15) is 0 Å². The summed E-state index contributed by atoms with van der Waals surface area (Å²) in [6, 6.07) is 13.7. The van der Waals surface area contributed by atoms with Gasteiger partial charge in [0.15, 0.2) is 0 Å². The molecular formula is C18H15NO3. The highest BCUT2D eigenvalue weighted by molar-refractivity contribution is 5.92. The van der Waals surface area contributed by atoms with Crippen molar-refractivity contribution in [1.29, 1.82) is 0 Å². The van der Waals surface area contributed by atoms with Crippen LogP contribution in [0.5, 0.6) is 0 Å². The molecule has 2 rings (SSSR count). The van der Waals surface area contributed by atoms with Gasteiger partial charge in [0.2, 0.25) is 5.91 Å². The molecule has 0 fully saturated rings. The molecule has 0 radical (unpaired) electrons. The molecule has 0 saturated heterocycles. The fraction of sp³-hybridized carbons (Fsp3) is 0.111. The maximum Gasteiger partial charge on any atom is 0.335 e. The van der Waals surface area contributed by atoms with E-state index in [4.69, 9.17) is 11.5 Å². The first-order chi connectivity index (χ1) is 10.6. The van der Waals surface area contributed by atoms with Gasteiger partial charge in [0.25, 0.3) is 0 Å². The molecule has 0 heterocycles. The summed E-state index contributed by atoms with van der Waals surface area (Å²) in [4.78, 5) is 23.1. The average Bonchev–Trinajstić information content (AvgIpc) is 2.53. The van der Waals surface area contributed by atoms with E-state index in [0.717, 1.165) is 0 Å². The Hall–Kier alpha value is -3.06. The van der Waals surface area contributed by atoms with Crippen LogP contribution >= 0.6 is 0 Å². The monoisotopic (exact) mass is 293 g/mol. The number of nitrogens with one attached hydrogen (secondary N) is 1. The van der Waals surface area contributed by atoms with Gasteiger partial charge in [-0.25, -0.2) is 4.79 Å². The molecule has 0 aromatic heterocycles. The Morgan fingerprint density at radius 3 is 2.64 bits per heavy atom. The van der Waals surface area contributed by atoms with Crippen LogP contribution in [0.1, 0.15) is 27.9 Å². The number of carbonyl (C=O) groups is 2. The largest absolute Gasteiger partial charge is 0.478 e. The molecule has 2 aromatic carbocycles. The first-order valence-electron chi connectivity index (χ1n) is 6.78. The van der Waals surface area contributed by atoms with Gasteiger partial charge in [-0.15, -0.1) is 6.42 Å². The Bertz CT molecular complexity index is 744. The van der Waals surface area contributed by atoms with E-state index in [0.29, 0.717) is 23.2 Å². The summed E-state index contributed by atoms with van der Waals surface area (Å²) in [5, 5.41) is 11.9. The van der Waals surface area contributed by atoms with Crippen LogP contribution in [-0.2, 0) is 11.2 Å². The molecule has 2 aromatic rings. The normalized spacial score (nSPS) is 9.77. The van der Waals surface area contributed by atoms with Crippen molar-refractivity contribution in [2.45, 2.75) is 12.8 Å². The maximum absolute atomic E-state index is 12.0. The topological polar surface area (TPSA) is 66.4 Å². The second kappa shape index (κ2) is 7.09. The van der Waals surface area contributed by atoms with E-state index in [2.05, 4.69) is 11.2 Å². The molecule has 4 nitrogen and oxygen atoms in total. The summed E-state index contributed by atoms with van der Waals surface area (Å²) in [5.41, 5.74) is 2.19. The molecule has 0 atom stereocenters. The second-order valence-electron chi connectivity index (χ2n) is 4.74. The third-order valence-corrected chi connectivity index (χ3v) is 3.18. The molecule has 0 saturated carbocycles. The molecule has 0 aliphatic carbocycles. The molecule has 110 valence electrons. The van der Waals surface area contributed by atoms with E-state index in [9.17, 15) is 9.59 Å². The van der Waals surface area contributed by atoms with Gasteiger partial charge in [-0.2, -0.15) is 0 Å². The number of aromatic carboxylic acids is 1. The smallest absolute Gasteiger partial charge is 0.335 e. The quantitative estimate of drug-likeness (QED) is 0.833. The van der Waals surface area contributed by atoms with E-state index in [1.54, 1.807) is 42.5 Å². The fourth-order valence-corrected chi connectivity index (χ4v) is 2.11. The number of carboxylic acid groups (broad SMARTS) is 1. The van der Waals surface area contributed by atoms with E-state index in [1.807, 2.05) is 0 Å². The molecule has 22 heavy (non-hydrogen) atoms. The lowest BCUT2D eigenvalue weighted by atomic mass is 10.0. The molecule has 0 aliphatic heterocycles. The lowest BCUT2D eigenvalue weighted by Gasteiger charge is -2.07. The van der Waals surface area contributed by atoms with Crippen LogP contribution in [0.15, 0.2) is 48.5 Å². The lowest BCUT2D eigenvalue weighted by molar-refractivity contribution is -0.116. The minimum atomic E-state index is -0.988. The predicted octanol–water partition coefficient (Wildman–Crippen LogP) is 2.94. The summed E-state index contributed by atoms with van der Waals surface area (Å²) in [6.45, 7) is 0. The molecule has 1 amide bonds. The van der Waals surface area contributed by atoms with Crippen molar-refractivity contribution >= 4 is 17.6 Å². The van der Waals surface area contributed by atoms with Crippen LogP contribution in [-0.4, -0.2) is 17.0 Å². The number of carbonyl (C=O) groups excluding carboxylic acids is 1. The minimum absolute atomic E-state index is 0.186. The SMILES string of the molecule is C#Cc1cccc(NC(=O)CCc2ccccc2C(=O)O)c1.